The molecule has 0 bridgehead atoms. The molecule has 1 amide bonds. The number of amides is 1. The topological polar surface area (TPSA) is 58.4 Å². The Hall–Kier alpha value is -1.98. The van der Waals surface area contributed by atoms with Gasteiger partial charge in [0.2, 0.25) is 0 Å². The number of hydrogen-bond donors (Lipinski definition) is 1. The summed E-state index contributed by atoms with van der Waals surface area (Å²) in [6.07, 6.45) is 9.42. The van der Waals surface area contributed by atoms with E-state index in [1.54, 1.807) is 0 Å². The summed E-state index contributed by atoms with van der Waals surface area (Å²) >= 11 is 12.8. The van der Waals surface area contributed by atoms with Crippen molar-refractivity contribution in [3.63, 3.8) is 0 Å². The van der Waals surface area contributed by atoms with Crippen LogP contribution in [0.1, 0.15) is 42.9 Å². The van der Waals surface area contributed by atoms with Crippen LogP contribution in [-0.2, 0) is 0 Å². The summed E-state index contributed by atoms with van der Waals surface area (Å²) in [6, 6.07) is 5.46. The van der Waals surface area contributed by atoms with Gasteiger partial charge in [-0.05, 0) is 55.7 Å². The molecule has 1 aromatic heterocycles. The van der Waals surface area contributed by atoms with Crippen molar-refractivity contribution in [2.24, 2.45) is 5.92 Å². The lowest BCUT2D eigenvalue weighted by Gasteiger charge is -2.28. The van der Waals surface area contributed by atoms with Gasteiger partial charge in [-0.1, -0.05) is 35.3 Å². The molecule has 2 fully saturated rings. The molecule has 5 nitrogen and oxygen atoms in total. The first-order valence-electron chi connectivity index (χ1n) is 9.23. The van der Waals surface area contributed by atoms with Gasteiger partial charge >= 0.3 is 6.09 Å². The average Bonchev–Trinajstić information content (AvgIpc) is 3.41. The Balaban J connectivity index is 1.62. The molecule has 0 unspecified atom stereocenters. The molecular formula is C20H21Cl2N3O2. The highest BCUT2D eigenvalue weighted by Gasteiger charge is 2.29. The predicted molar refractivity (Wildman–Crippen MR) is 107 cm³/mol. The van der Waals surface area contributed by atoms with Crippen LogP contribution in [0.4, 0.5) is 4.79 Å². The quantitative estimate of drug-likeness (QED) is 0.734. The second-order valence-corrected chi connectivity index (χ2v) is 8.02. The summed E-state index contributed by atoms with van der Waals surface area (Å²) in [6.45, 7) is 1.16. The number of para-hydroxylation sites is 1. The van der Waals surface area contributed by atoms with E-state index in [0.29, 0.717) is 40.7 Å². The van der Waals surface area contributed by atoms with Crippen LogP contribution in [0.15, 0.2) is 30.5 Å². The lowest BCUT2D eigenvalue weighted by Crippen LogP contribution is -2.36. The Labute approximate surface area is 168 Å². The maximum atomic E-state index is 11.1. The monoisotopic (exact) mass is 405 g/mol. The number of likely N-dealkylation sites (tertiary alicyclic amines) is 1. The molecule has 0 spiro atoms. The lowest BCUT2D eigenvalue weighted by molar-refractivity contribution is 0.129. The summed E-state index contributed by atoms with van der Waals surface area (Å²) < 4.78 is 1.83. The summed E-state index contributed by atoms with van der Waals surface area (Å²) in [7, 11) is 0. The van der Waals surface area contributed by atoms with Crippen LogP contribution in [0.25, 0.3) is 11.8 Å². The van der Waals surface area contributed by atoms with E-state index in [0.717, 1.165) is 18.5 Å². The maximum absolute atomic E-state index is 11.1. The van der Waals surface area contributed by atoms with E-state index in [1.165, 1.54) is 23.3 Å². The molecule has 0 radical (unpaired) electrons. The molecule has 1 saturated carbocycles. The van der Waals surface area contributed by atoms with Crippen LogP contribution >= 0.6 is 23.2 Å². The molecule has 142 valence electrons. The molecule has 1 N–H and O–H groups in total. The number of halogens is 2. The van der Waals surface area contributed by atoms with E-state index >= 15 is 0 Å². The molecule has 1 aromatic carbocycles. The van der Waals surface area contributed by atoms with Crippen molar-refractivity contribution in [2.75, 3.05) is 13.1 Å². The molecule has 2 heterocycles. The van der Waals surface area contributed by atoms with Crippen molar-refractivity contribution < 1.29 is 9.90 Å². The largest absolute Gasteiger partial charge is 0.465 e. The Kier molecular flexibility index (Phi) is 5.15. The molecule has 1 saturated heterocycles. The normalized spacial score (nSPS) is 18.4. The Bertz CT molecular complexity index is 861. The fraction of sp³-hybridized carbons (Fsp3) is 0.400. The van der Waals surface area contributed by atoms with Gasteiger partial charge in [-0.15, -0.1) is 0 Å². The van der Waals surface area contributed by atoms with E-state index in [9.17, 15) is 4.79 Å². The van der Waals surface area contributed by atoms with Gasteiger partial charge in [-0.25, -0.2) is 9.48 Å². The highest BCUT2D eigenvalue weighted by atomic mass is 35.5. The van der Waals surface area contributed by atoms with Gasteiger partial charge < -0.3 is 10.0 Å². The van der Waals surface area contributed by atoms with E-state index in [1.807, 2.05) is 29.1 Å². The Morgan fingerprint density at radius 2 is 1.81 bits per heavy atom. The van der Waals surface area contributed by atoms with Crippen molar-refractivity contribution in [3.05, 3.63) is 51.8 Å². The van der Waals surface area contributed by atoms with E-state index < -0.39 is 6.09 Å². The molecule has 0 atom stereocenters. The number of aromatic nitrogens is 2. The van der Waals surface area contributed by atoms with Crippen molar-refractivity contribution in [1.29, 1.82) is 0 Å². The molecule has 2 aromatic rings. The highest BCUT2D eigenvalue weighted by Crippen LogP contribution is 2.43. The molecule has 1 aliphatic carbocycles. The third-order valence-corrected chi connectivity index (χ3v) is 5.95. The fourth-order valence-electron chi connectivity index (χ4n) is 3.63. The predicted octanol–water partition coefficient (Wildman–Crippen LogP) is 5.46. The van der Waals surface area contributed by atoms with Crippen LogP contribution in [0.3, 0.4) is 0 Å². The van der Waals surface area contributed by atoms with Gasteiger partial charge in [0.05, 0.1) is 21.9 Å². The summed E-state index contributed by atoms with van der Waals surface area (Å²) in [5.74, 6) is 0.909. The van der Waals surface area contributed by atoms with Crippen molar-refractivity contribution >= 4 is 35.4 Å². The van der Waals surface area contributed by atoms with Crippen LogP contribution in [0.5, 0.6) is 0 Å². The Morgan fingerprint density at radius 3 is 2.41 bits per heavy atom. The van der Waals surface area contributed by atoms with Crippen LogP contribution in [0, 0.1) is 5.92 Å². The molecule has 4 rings (SSSR count). The summed E-state index contributed by atoms with van der Waals surface area (Å²) in [4.78, 5) is 12.5. The van der Waals surface area contributed by atoms with Gasteiger partial charge in [0, 0.05) is 18.7 Å². The molecular weight excluding hydrogens is 385 g/mol. The van der Waals surface area contributed by atoms with Gasteiger partial charge in [0.15, 0.2) is 0 Å². The summed E-state index contributed by atoms with van der Waals surface area (Å²) in [5, 5.41) is 14.8. The number of hydrogen-bond acceptors (Lipinski definition) is 2. The smallest absolute Gasteiger partial charge is 0.407 e. The minimum absolute atomic E-state index is 0.359. The molecule has 27 heavy (non-hydrogen) atoms. The number of allylic oxidation sites excluding steroid dienone is 1. The zero-order valence-electron chi connectivity index (χ0n) is 14.8. The lowest BCUT2D eigenvalue weighted by atomic mass is 9.96. The number of nitrogens with zero attached hydrogens (tertiary/aromatic N) is 3. The van der Waals surface area contributed by atoms with Crippen molar-refractivity contribution in [1.82, 2.24) is 14.7 Å². The number of benzene rings is 1. The van der Waals surface area contributed by atoms with Crippen LogP contribution < -0.4 is 0 Å². The van der Waals surface area contributed by atoms with Crippen LogP contribution in [-0.4, -0.2) is 39.0 Å². The van der Waals surface area contributed by atoms with Crippen molar-refractivity contribution in [2.45, 2.75) is 31.6 Å². The SMILES string of the molecule is O=C(O)N1CCC(/C=C\c2c(C3CC3)cnn2-c2c(Cl)cccc2Cl)CC1. The first kappa shape index (κ1) is 18.4. The number of carboxylic acid groups (broad SMARTS) is 1. The van der Waals surface area contributed by atoms with Gasteiger partial charge in [0.25, 0.3) is 0 Å². The first-order valence-corrected chi connectivity index (χ1v) is 9.98. The summed E-state index contributed by atoms with van der Waals surface area (Å²) in [5.41, 5.74) is 2.95. The fourth-order valence-corrected chi connectivity index (χ4v) is 4.18. The molecule has 7 heteroatoms. The van der Waals surface area contributed by atoms with E-state index in [4.69, 9.17) is 28.3 Å². The first-order chi connectivity index (χ1) is 13.0. The average molecular weight is 406 g/mol. The van der Waals surface area contributed by atoms with E-state index in [-0.39, 0.29) is 0 Å². The third kappa shape index (κ3) is 3.85. The standard InChI is InChI=1S/C20H21Cl2N3O2/c21-16-2-1-3-17(22)19(16)25-18(15(12-23-25)14-5-6-14)7-4-13-8-10-24(11-9-13)20(26)27/h1-4,7,12-14H,5-6,8-11H2,(H,26,27)/b7-4-. The zero-order chi connectivity index (χ0) is 19.0. The van der Waals surface area contributed by atoms with Crippen LogP contribution in [0.2, 0.25) is 10.0 Å². The number of carbonyl (C=O) groups is 1. The molecule has 2 aliphatic rings. The number of piperidine rings is 1. The second kappa shape index (κ2) is 7.56. The second-order valence-electron chi connectivity index (χ2n) is 7.21. The Morgan fingerprint density at radius 1 is 1.15 bits per heavy atom. The van der Waals surface area contributed by atoms with Gasteiger partial charge in [-0.2, -0.15) is 5.10 Å². The maximum Gasteiger partial charge on any atom is 0.407 e. The minimum atomic E-state index is -0.833. The number of rotatable bonds is 4. The van der Waals surface area contributed by atoms with Gasteiger partial charge in [0.1, 0.15) is 5.69 Å². The van der Waals surface area contributed by atoms with Crippen molar-refractivity contribution in [3.8, 4) is 5.69 Å². The zero-order valence-corrected chi connectivity index (χ0v) is 16.3. The van der Waals surface area contributed by atoms with E-state index in [2.05, 4.69) is 17.3 Å². The van der Waals surface area contributed by atoms with Gasteiger partial charge in [-0.3, -0.25) is 0 Å². The highest BCUT2D eigenvalue weighted by molar-refractivity contribution is 6.37. The molecule has 1 aliphatic heterocycles. The third-order valence-electron chi connectivity index (χ3n) is 5.34. The minimum Gasteiger partial charge on any atom is -0.465 e.